The second kappa shape index (κ2) is 6.89. The van der Waals surface area contributed by atoms with Crippen LogP contribution in [0.3, 0.4) is 0 Å². The van der Waals surface area contributed by atoms with Crippen molar-refractivity contribution in [2.45, 2.75) is 46.3 Å². The molecule has 0 aliphatic heterocycles. The second-order valence-electron chi connectivity index (χ2n) is 3.93. The van der Waals surface area contributed by atoms with Gasteiger partial charge in [0.15, 0.2) is 5.92 Å². The van der Waals surface area contributed by atoms with E-state index in [-0.39, 0.29) is 18.6 Å². The van der Waals surface area contributed by atoms with Gasteiger partial charge >= 0.3 is 11.9 Å². The number of hydrogen-bond donors (Lipinski definition) is 0. The minimum atomic E-state index is -1.02. The highest BCUT2D eigenvalue weighted by atomic mass is 16.6. The number of hydrogen-bond acceptors (Lipinski definition) is 4. The largest absolute Gasteiger partial charge is 0.462 e. The van der Waals surface area contributed by atoms with E-state index in [1.165, 1.54) is 0 Å². The Bertz CT molecular complexity index is 264. The fourth-order valence-electron chi connectivity index (χ4n) is 1.01. The van der Waals surface area contributed by atoms with Crippen molar-refractivity contribution in [1.29, 1.82) is 0 Å². The zero-order valence-electron chi connectivity index (χ0n) is 10.1. The summed E-state index contributed by atoms with van der Waals surface area (Å²) in [7, 11) is 0. The summed E-state index contributed by atoms with van der Waals surface area (Å²) in [4.78, 5) is 23.1. The van der Waals surface area contributed by atoms with Gasteiger partial charge in [-0.2, -0.15) is 0 Å². The molecule has 0 heterocycles. The van der Waals surface area contributed by atoms with Crippen molar-refractivity contribution in [3.05, 3.63) is 0 Å². The molecule has 0 fully saturated rings. The first-order valence-corrected chi connectivity index (χ1v) is 5.23. The van der Waals surface area contributed by atoms with Gasteiger partial charge in [-0.25, -0.2) is 0 Å². The Morgan fingerprint density at radius 1 is 1.06 bits per heavy atom. The molecule has 0 saturated carbocycles. The topological polar surface area (TPSA) is 52.6 Å². The molecule has 0 rings (SSSR count). The molecular formula is C12H18O4. The Hall–Kier alpha value is -1.50. The van der Waals surface area contributed by atoms with Crippen LogP contribution in [-0.2, 0) is 19.1 Å². The van der Waals surface area contributed by atoms with Crippen molar-refractivity contribution >= 4 is 11.9 Å². The quantitative estimate of drug-likeness (QED) is 0.405. The van der Waals surface area contributed by atoms with Gasteiger partial charge in [-0.05, 0) is 27.7 Å². The molecule has 0 aliphatic carbocycles. The van der Waals surface area contributed by atoms with E-state index in [0.717, 1.165) is 0 Å². The van der Waals surface area contributed by atoms with Crippen LogP contribution in [0.25, 0.3) is 0 Å². The summed E-state index contributed by atoms with van der Waals surface area (Å²) in [5.74, 6) is 0.00313. The van der Waals surface area contributed by atoms with E-state index in [4.69, 9.17) is 15.9 Å². The number of rotatable bonds is 5. The number of carbonyl (C=O) groups is 2. The third-order valence-electron chi connectivity index (χ3n) is 1.59. The van der Waals surface area contributed by atoms with Crippen LogP contribution in [0.1, 0.15) is 34.1 Å². The first-order valence-electron chi connectivity index (χ1n) is 5.23. The van der Waals surface area contributed by atoms with Crippen LogP contribution in [0.5, 0.6) is 0 Å². The van der Waals surface area contributed by atoms with Crippen LogP contribution in [-0.4, -0.2) is 24.1 Å². The lowest BCUT2D eigenvalue weighted by atomic mass is 10.1. The van der Waals surface area contributed by atoms with Crippen molar-refractivity contribution in [2.75, 3.05) is 0 Å². The molecule has 4 heteroatoms. The highest BCUT2D eigenvalue weighted by Crippen LogP contribution is 2.11. The summed E-state index contributed by atoms with van der Waals surface area (Å²) in [6, 6.07) is 0. The van der Waals surface area contributed by atoms with Gasteiger partial charge < -0.3 is 9.47 Å². The molecule has 0 amide bonds. The zero-order valence-corrected chi connectivity index (χ0v) is 10.1. The molecule has 0 aromatic carbocycles. The van der Waals surface area contributed by atoms with Crippen LogP contribution >= 0.6 is 0 Å². The molecule has 0 radical (unpaired) electrons. The van der Waals surface area contributed by atoms with Crippen molar-refractivity contribution in [3.63, 3.8) is 0 Å². The fraction of sp³-hybridized carbons (Fsp3) is 0.667. The second-order valence-corrected chi connectivity index (χ2v) is 3.93. The summed E-state index contributed by atoms with van der Waals surface area (Å²) < 4.78 is 9.86. The predicted molar refractivity (Wildman–Crippen MR) is 59.4 cm³/mol. The zero-order chi connectivity index (χ0) is 12.7. The minimum absolute atomic E-state index is 0.00287. The average molecular weight is 226 g/mol. The summed E-state index contributed by atoms with van der Waals surface area (Å²) in [6.07, 6.45) is 4.54. The Morgan fingerprint density at radius 2 is 1.44 bits per heavy atom. The van der Waals surface area contributed by atoms with Gasteiger partial charge in [-0.15, -0.1) is 12.3 Å². The Kier molecular flexibility index (Phi) is 6.24. The molecule has 0 N–H and O–H groups in total. The van der Waals surface area contributed by atoms with E-state index in [0.29, 0.717) is 0 Å². The highest BCUT2D eigenvalue weighted by Gasteiger charge is 2.30. The van der Waals surface area contributed by atoms with E-state index in [2.05, 4.69) is 5.92 Å². The van der Waals surface area contributed by atoms with E-state index in [1.807, 2.05) is 0 Å². The number of esters is 2. The third kappa shape index (κ3) is 5.40. The molecule has 0 unspecified atom stereocenters. The number of terminal acetylenes is 1. The van der Waals surface area contributed by atoms with Crippen LogP contribution in [0.4, 0.5) is 0 Å². The first-order chi connectivity index (χ1) is 7.38. The maximum absolute atomic E-state index is 11.5. The molecule has 90 valence electrons. The van der Waals surface area contributed by atoms with E-state index in [1.54, 1.807) is 27.7 Å². The smallest absolute Gasteiger partial charge is 0.321 e. The Labute approximate surface area is 96.3 Å². The van der Waals surface area contributed by atoms with Gasteiger partial charge in [0.1, 0.15) is 0 Å². The van der Waals surface area contributed by atoms with Crippen molar-refractivity contribution in [3.8, 4) is 12.3 Å². The normalized spacial score (nSPS) is 10.4. The maximum Gasteiger partial charge on any atom is 0.321 e. The molecule has 0 aromatic rings. The summed E-state index contributed by atoms with van der Waals surface area (Å²) in [6.45, 7) is 6.83. The van der Waals surface area contributed by atoms with Crippen molar-refractivity contribution in [1.82, 2.24) is 0 Å². The molecule has 16 heavy (non-hydrogen) atoms. The molecule has 4 nitrogen and oxygen atoms in total. The van der Waals surface area contributed by atoms with Crippen molar-refractivity contribution in [2.24, 2.45) is 5.92 Å². The Morgan fingerprint density at radius 3 is 1.69 bits per heavy atom. The highest BCUT2D eigenvalue weighted by molar-refractivity contribution is 5.95. The van der Waals surface area contributed by atoms with Gasteiger partial charge in [0.25, 0.3) is 0 Å². The number of ether oxygens (including phenoxy) is 2. The molecule has 0 aliphatic rings. The van der Waals surface area contributed by atoms with E-state index < -0.39 is 17.9 Å². The van der Waals surface area contributed by atoms with Gasteiger partial charge in [0.05, 0.1) is 12.2 Å². The minimum Gasteiger partial charge on any atom is -0.462 e. The van der Waals surface area contributed by atoms with Gasteiger partial charge in [0, 0.05) is 6.42 Å². The van der Waals surface area contributed by atoms with Crippen LogP contribution < -0.4 is 0 Å². The third-order valence-corrected chi connectivity index (χ3v) is 1.59. The first kappa shape index (κ1) is 14.5. The summed E-state index contributed by atoms with van der Waals surface area (Å²) in [5.41, 5.74) is 0. The molecule has 0 atom stereocenters. The summed E-state index contributed by atoms with van der Waals surface area (Å²) in [5, 5.41) is 0. The SMILES string of the molecule is C#CCC(C(=O)OC(C)C)C(=O)OC(C)C. The average Bonchev–Trinajstić information content (AvgIpc) is 2.11. The monoisotopic (exact) mass is 226 g/mol. The van der Waals surface area contributed by atoms with Gasteiger partial charge in [0.2, 0.25) is 0 Å². The van der Waals surface area contributed by atoms with Gasteiger partial charge in [-0.1, -0.05) is 0 Å². The van der Waals surface area contributed by atoms with E-state index >= 15 is 0 Å². The maximum atomic E-state index is 11.5. The van der Waals surface area contributed by atoms with Crippen LogP contribution in [0.2, 0.25) is 0 Å². The fourth-order valence-corrected chi connectivity index (χ4v) is 1.01. The summed E-state index contributed by atoms with van der Waals surface area (Å²) >= 11 is 0. The van der Waals surface area contributed by atoms with Crippen molar-refractivity contribution < 1.29 is 19.1 Å². The Balaban J connectivity index is 4.54. The molecule has 0 saturated heterocycles. The van der Waals surface area contributed by atoms with Crippen LogP contribution in [0.15, 0.2) is 0 Å². The lowest BCUT2D eigenvalue weighted by molar-refractivity contribution is -0.166. The standard InChI is InChI=1S/C12H18O4/c1-6-7-10(11(13)15-8(2)3)12(14)16-9(4)5/h1,8-10H,7H2,2-5H3. The van der Waals surface area contributed by atoms with Crippen LogP contribution in [0, 0.1) is 18.3 Å². The molecule has 0 bridgehead atoms. The number of carbonyl (C=O) groups excluding carboxylic acids is 2. The lowest BCUT2D eigenvalue weighted by Gasteiger charge is -2.16. The van der Waals surface area contributed by atoms with Gasteiger partial charge in [-0.3, -0.25) is 9.59 Å². The van der Waals surface area contributed by atoms with E-state index in [9.17, 15) is 9.59 Å². The molecule has 0 spiro atoms. The molecule has 0 aromatic heterocycles. The lowest BCUT2D eigenvalue weighted by Crippen LogP contribution is -2.30. The molecular weight excluding hydrogens is 208 g/mol. The predicted octanol–water partition coefficient (Wildman–Crippen LogP) is 1.53.